The largest absolute Gasteiger partial charge is 0.494 e. The first kappa shape index (κ1) is 13.2. The number of fused-ring (bicyclic) bond motifs is 1. The standard InChI is InChI=1S/C17H20N2O/c1-2-20-14-8-5-7-13(10-14)17(19-18)16-11-12-6-3-4-9-15(12)16/h3-10,16-17,19H,2,11,18H2,1H3. The van der Waals surface area contributed by atoms with Crippen molar-refractivity contribution in [3.63, 3.8) is 0 Å². The fourth-order valence-electron chi connectivity index (χ4n) is 3.00. The lowest BCUT2D eigenvalue weighted by molar-refractivity contribution is 0.338. The molecule has 3 N–H and O–H groups in total. The van der Waals surface area contributed by atoms with Crippen molar-refractivity contribution in [1.29, 1.82) is 0 Å². The summed E-state index contributed by atoms with van der Waals surface area (Å²) in [4.78, 5) is 0. The number of hydrogen-bond acceptors (Lipinski definition) is 3. The van der Waals surface area contributed by atoms with Crippen molar-refractivity contribution in [3.8, 4) is 5.75 Å². The SMILES string of the molecule is CCOc1cccc(C(NN)C2Cc3ccccc32)c1. The number of hydrazine groups is 1. The third kappa shape index (κ3) is 2.30. The van der Waals surface area contributed by atoms with Gasteiger partial charge in [-0.05, 0) is 42.2 Å². The Balaban J connectivity index is 1.86. The first-order chi connectivity index (χ1) is 9.83. The van der Waals surface area contributed by atoms with Crippen LogP contribution in [0.25, 0.3) is 0 Å². The van der Waals surface area contributed by atoms with Crippen molar-refractivity contribution < 1.29 is 4.74 Å². The van der Waals surface area contributed by atoms with E-state index in [1.165, 1.54) is 16.7 Å². The quantitative estimate of drug-likeness (QED) is 0.647. The molecule has 2 aromatic carbocycles. The topological polar surface area (TPSA) is 47.3 Å². The Morgan fingerprint density at radius 3 is 2.85 bits per heavy atom. The third-order valence-corrected chi connectivity index (χ3v) is 4.00. The van der Waals surface area contributed by atoms with Crippen molar-refractivity contribution in [3.05, 3.63) is 65.2 Å². The molecule has 0 saturated heterocycles. The minimum absolute atomic E-state index is 0.130. The molecule has 0 fully saturated rings. The summed E-state index contributed by atoms with van der Waals surface area (Å²) in [6.45, 7) is 2.67. The normalized spacial score (nSPS) is 18.0. The summed E-state index contributed by atoms with van der Waals surface area (Å²) >= 11 is 0. The Kier molecular flexibility index (Phi) is 3.72. The molecule has 3 nitrogen and oxygen atoms in total. The Hall–Kier alpha value is -1.84. The van der Waals surface area contributed by atoms with E-state index in [1.54, 1.807) is 0 Å². The molecule has 0 aliphatic heterocycles. The summed E-state index contributed by atoms with van der Waals surface area (Å²) in [6.07, 6.45) is 1.07. The maximum Gasteiger partial charge on any atom is 0.119 e. The molecule has 0 saturated carbocycles. The number of nitrogens with one attached hydrogen (secondary N) is 1. The molecule has 0 bridgehead atoms. The molecule has 0 heterocycles. The van der Waals surface area contributed by atoms with Crippen LogP contribution in [-0.2, 0) is 6.42 Å². The van der Waals surface area contributed by atoms with Gasteiger partial charge in [-0.25, -0.2) is 0 Å². The van der Waals surface area contributed by atoms with Crippen LogP contribution in [0.15, 0.2) is 48.5 Å². The molecule has 0 amide bonds. The van der Waals surface area contributed by atoms with Crippen LogP contribution >= 0.6 is 0 Å². The van der Waals surface area contributed by atoms with Crippen molar-refractivity contribution in [2.24, 2.45) is 5.84 Å². The van der Waals surface area contributed by atoms with Gasteiger partial charge in [-0.2, -0.15) is 0 Å². The average molecular weight is 268 g/mol. The van der Waals surface area contributed by atoms with E-state index in [9.17, 15) is 0 Å². The van der Waals surface area contributed by atoms with Gasteiger partial charge in [0, 0.05) is 5.92 Å². The van der Waals surface area contributed by atoms with Crippen LogP contribution in [0.5, 0.6) is 5.75 Å². The van der Waals surface area contributed by atoms with Gasteiger partial charge in [0.05, 0.1) is 12.6 Å². The molecule has 2 aromatic rings. The van der Waals surface area contributed by atoms with Gasteiger partial charge in [-0.1, -0.05) is 36.4 Å². The van der Waals surface area contributed by atoms with Gasteiger partial charge in [-0.3, -0.25) is 11.3 Å². The molecule has 0 radical (unpaired) electrons. The van der Waals surface area contributed by atoms with E-state index >= 15 is 0 Å². The molecule has 3 heteroatoms. The predicted molar refractivity (Wildman–Crippen MR) is 80.6 cm³/mol. The summed E-state index contributed by atoms with van der Waals surface area (Å²) < 4.78 is 5.57. The Morgan fingerprint density at radius 1 is 1.25 bits per heavy atom. The molecule has 2 unspecified atom stereocenters. The monoisotopic (exact) mass is 268 g/mol. The van der Waals surface area contributed by atoms with E-state index in [0.29, 0.717) is 12.5 Å². The molecule has 1 aliphatic carbocycles. The van der Waals surface area contributed by atoms with Crippen molar-refractivity contribution in [1.82, 2.24) is 5.43 Å². The predicted octanol–water partition coefficient (Wildman–Crippen LogP) is 2.93. The van der Waals surface area contributed by atoms with Crippen LogP contribution in [0, 0.1) is 0 Å². The van der Waals surface area contributed by atoms with Gasteiger partial charge >= 0.3 is 0 Å². The number of ether oxygens (including phenoxy) is 1. The van der Waals surface area contributed by atoms with Crippen LogP contribution < -0.4 is 16.0 Å². The summed E-state index contributed by atoms with van der Waals surface area (Å²) in [5, 5.41) is 0. The van der Waals surface area contributed by atoms with Crippen LogP contribution in [-0.4, -0.2) is 6.61 Å². The second-order valence-electron chi connectivity index (χ2n) is 5.16. The van der Waals surface area contributed by atoms with E-state index in [2.05, 4.69) is 41.8 Å². The van der Waals surface area contributed by atoms with Gasteiger partial charge in [0.15, 0.2) is 0 Å². The highest BCUT2D eigenvalue weighted by Gasteiger charge is 2.33. The van der Waals surface area contributed by atoms with Crippen molar-refractivity contribution in [2.45, 2.75) is 25.3 Å². The molecule has 104 valence electrons. The number of rotatable bonds is 5. The van der Waals surface area contributed by atoms with Crippen LogP contribution in [0.4, 0.5) is 0 Å². The fourth-order valence-corrected chi connectivity index (χ4v) is 3.00. The molecule has 2 atom stereocenters. The third-order valence-electron chi connectivity index (χ3n) is 4.00. The number of nitrogens with two attached hydrogens (primary N) is 1. The second-order valence-corrected chi connectivity index (χ2v) is 5.16. The van der Waals surface area contributed by atoms with Gasteiger partial charge < -0.3 is 4.74 Å². The van der Waals surface area contributed by atoms with Crippen molar-refractivity contribution >= 4 is 0 Å². The number of benzene rings is 2. The fraction of sp³-hybridized carbons (Fsp3) is 0.294. The van der Waals surface area contributed by atoms with Gasteiger partial charge in [0.1, 0.15) is 5.75 Å². The molecular weight excluding hydrogens is 248 g/mol. The van der Waals surface area contributed by atoms with Gasteiger partial charge in [0.2, 0.25) is 0 Å². The summed E-state index contributed by atoms with van der Waals surface area (Å²) in [7, 11) is 0. The highest BCUT2D eigenvalue weighted by molar-refractivity contribution is 5.44. The van der Waals surface area contributed by atoms with E-state index in [0.717, 1.165) is 12.2 Å². The van der Waals surface area contributed by atoms with E-state index in [4.69, 9.17) is 10.6 Å². The van der Waals surface area contributed by atoms with Crippen LogP contribution in [0.1, 0.15) is 35.6 Å². The van der Waals surface area contributed by atoms with Gasteiger partial charge in [-0.15, -0.1) is 0 Å². The molecule has 20 heavy (non-hydrogen) atoms. The van der Waals surface area contributed by atoms with E-state index < -0.39 is 0 Å². The average Bonchev–Trinajstić information content (AvgIpc) is 2.45. The van der Waals surface area contributed by atoms with E-state index in [-0.39, 0.29) is 6.04 Å². The van der Waals surface area contributed by atoms with Crippen molar-refractivity contribution in [2.75, 3.05) is 6.61 Å². The van der Waals surface area contributed by atoms with E-state index in [1.807, 2.05) is 19.1 Å². The molecule has 3 rings (SSSR count). The highest BCUT2D eigenvalue weighted by atomic mass is 16.5. The molecule has 0 spiro atoms. The zero-order chi connectivity index (χ0) is 13.9. The van der Waals surface area contributed by atoms with Crippen LogP contribution in [0.3, 0.4) is 0 Å². The first-order valence-corrected chi connectivity index (χ1v) is 7.10. The first-order valence-electron chi connectivity index (χ1n) is 7.10. The summed E-state index contributed by atoms with van der Waals surface area (Å²) in [5.41, 5.74) is 6.98. The zero-order valence-electron chi connectivity index (χ0n) is 11.7. The maximum absolute atomic E-state index is 5.81. The Bertz CT molecular complexity index is 597. The summed E-state index contributed by atoms with van der Waals surface area (Å²) in [5.74, 6) is 7.14. The maximum atomic E-state index is 5.81. The molecular formula is C17H20N2O. The zero-order valence-corrected chi connectivity index (χ0v) is 11.7. The minimum atomic E-state index is 0.130. The summed E-state index contributed by atoms with van der Waals surface area (Å²) in [6, 6.07) is 16.9. The Labute approximate surface area is 119 Å². The molecule has 0 aromatic heterocycles. The minimum Gasteiger partial charge on any atom is -0.494 e. The second kappa shape index (κ2) is 5.65. The number of hydrogen-bond donors (Lipinski definition) is 2. The highest BCUT2D eigenvalue weighted by Crippen LogP contribution is 2.43. The lowest BCUT2D eigenvalue weighted by Gasteiger charge is -2.36. The molecule has 1 aliphatic rings. The lowest BCUT2D eigenvalue weighted by atomic mass is 9.72. The Morgan fingerprint density at radius 2 is 2.10 bits per heavy atom. The smallest absolute Gasteiger partial charge is 0.119 e. The lowest BCUT2D eigenvalue weighted by Crippen LogP contribution is -2.37. The van der Waals surface area contributed by atoms with Gasteiger partial charge in [0.25, 0.3) is 0 Å². The van der Waals surface area contributed by atoms with Crippen LogP contribution in [0.2, 0.25) is 0 Å².